The third kappa shape index (κ3) is 3.74. The minimum Gasteiger partial charge on any atom is -0.481 e. The molecule has 0 radical (unpaired) electrons. The number of aliphatic carboxylic acids is 1. The van der Waals surface area contributed by atoms with Gasteiger partial charge in [0.05, 0.1) is 5.92 Å². The summed E-state index contributed by atoms with van der Waals surface area (Å²) in [6.45, 7) is 2.13. The van der Waals surface area contributed by atoms with Gasteiger partial charge in [0, 0.05) is 12.0 Å². The number of amides is 1. The largest absolute Gasteiger partial charge is 0.481 e. The van der Waals surface area contributed by atoms with Crippen LogP contribution < -0.4 is 5.32 Å². The first kappa shape index (κ1) is 15.3. The number of carbonyl (C=O) groups excluding carboxylic acids is 1. The lowest BCUT2D eigenvalue weighted by Gasteiger charge is -2.31. The first-order chi connectivity index (χ1) is 9.61. The Hall–Kier alpha value is -1.06. The van der Waals surface area contributed by atoms with Crippen molar-refractivity contribution in [1.29, 1.82) is 0 Å². The second-order valence-electron chi connectivity index (χ2n) is 6.47. The zero-order valence-corrected chi connectivity index (χ0v) is 12.4. The molecule has 0 aromatic rings. The molecule has 3 atom stereocenters. The summed E-state index contributed by atoms with van der Waals surface area (Å²) >= 11 is 0. The summed E-state index contributed by atoms with van der Waals surface area (Å²) in [7, 11) is 0. The average molecular weight is 281 g/mol. The predicted molar refractivity (Wildman–Crippen MR) is 77.3 cm³/mol. The molecular weight excluding hydrogens is 254 g/mol. The minimum atomic E-state index is -0.750. The van der Waals surface area contributed by atoms with Crippen molar-refractivity contribution in [1.82, 2.24) is 5.32 Å². The van der Waals surface area contributed by atoms with Crippen LogP contribution in [0, 0.1) is 17.8 Å². The zero-order valence-electron chi connectivity index (χ0n) is 12.4. The molecule has 1 amide bonds. The minimum absolute atomic E-state index is 0.0890. The number of hydrogen-bond acceptors (Lipinski definition) is 2. The second kappa shape index (κ2) is 7.09. The van der Waals surface area contributed by atoms with Crippen LogP contribution in [-0.4, -0.2) is 23.0 Å². The quantitative estimate of drug-likeness (QED) is 0.814. The Kier molecular flexibility index (Phi) is 5.44. The van der Waals surface area contributed by atoms with Gasteiger partial charge in [-0.3, -0.25) is 9.59 Å². The summed E-state index contributed by atoms with van der Waals surface area (Å²) in [5.41, 5.74) is 0. The van der Waals surface area contributed by atoms with E-state index in [9.17, 15) is 9.59 Å². The van der Waals surface area contributed by atoms with E-state index in [2.05, 4.69) is 12.2 Å². The summed E-state index contributed by atoms with van der Waals surface area (Å²) in [6.07, 6.45) is 9.20. The van der Waals surface area contributed by atoms with E-state index in [0.29, 0.717) is 18.8 Å². The van der Waals surface area contributed by atoms with Crippen molar-refractivity contribution in [2.75, 3.05) is 0 Å². The van der Waals surface area contributed by atoms with Gasteiger partial charge in [-0.2, -0.15) is 0 Å². The fourth-order valence-corrected chi connectivity index (χ4v) is 3.83. The molecule has 0 spiro atoms. The smallest absolute Gasteiger partial charge is 0.306 e. The van der Waals surface area contributed by atoms with Crippen molar-refractivity contribution in [2.45, 2.75) is 70.8 Å². The Morgan fingerprint density at radius 3 is 2.30 bits per heavy atom. The van der Waals surface area contributed by atoms with Gasteiger partial charge in [-0.15, -0.1) is 0 Å². The van der Waals surface area contributed by atoms with E-state index in [1.807, 2.05) is 0 Å². The molecule has 0 aromatic carbocycles. The van der Waals surface area contributed by atoms with Gasteiger partial charge >= 0.3 is 5.97 Å². The van der Waals surface area contributed by atoms with E-state index in [1.54, 1.807) is 0 Å². The SMILES string of the molecule is CCC(NC(=O)C1CCC(C(=O)O)C1)C1CCCCC1. The maximum atomic E-state index is 12.3. The summed E-state index contributed by atoms with van der Waals surface area (Å²) in [5.74, 6) is -0.450. The summed E-state index contributed by atoms with van der Waals surface area (Å²) in [4.78, 5) is 23.3. The van der Waals surface area contributed by atoms with Crippen LogP contribution in [0.1, 0.15) is 64.7 Å². The highest BCUT2D eigenvalue weighted by atomic mass is 16.4. The molecule has 2 aliphatic carbocycles. The van der Waals surface area contributed by atoms with Gasteiger partial charge in [-0.1, -0.05) is 26.2 Å². The Labute approximate surface area is 121 Å². The molecule has 2 N–H and O–H groups in total. The van der Waals surface area contributed by atoms with Crippen molar-refractivity contribution < 1.29 is 14.7 Å². The molecule has 2 rings (SSSR count). The molecule has 0 bridgehead atoms. The molecule has 0 aromatic heterocycles. The van der Waals surface area contributed by atoms with Crippen LogP contribution in [0.4, 0.5) is 0 Å². The van der Waals surface area contributed by atoms with Crippen molar-refractivity contribution in [2.24, 2.45) is 17.8 Å². The van der Waals surface area contributed by atoms with Gasteiger partial charge in [0.25, 0.3) is 0 Å². The molecule has 0 saturated heterocycles. The molecule has 4 nitrogen and oxygen atoms in total. The highest BCUT2D eigenvalue weighted by molar-refractivity contribution is 5.81. The fraction of sp³-hybridized carbons (Fsp3) is 0.875. The van der Waals surface area contributed by atoms with E-state index in [4.69, 9.17) is 5.11 Å². The monoisotopic (exact) mass is 281 g/mol. The van der Waals surface area contributed by atoms with Crippen LogP contribution in [0.2, 0.25) is 0 Å². The number of carboxylic acids is 1. The van der Waals surface area contributed by atoms with Gasteiger partial charge in [0.15, 0.2) is 0 Å². The van der Waals surface area contributed by atoms with Crippen molar-refractivity contribution in [3.8, 4) is 0 Å². The molecule has 2 aliphatic rings. The number of nitrogens with one attached hydrogen (secondary N) is 1. The van der Waals surface area contributed by atoms with E-state index in [0.717, 1.165) is 12.8 Å². The van der Waals surface area contributed by atoms with Gasteiger partial charge in [0.2, 0.25) is 5.91 Å². The first-order valence-electron chi connectivity index (χ1n) is 8.15. The number of hydrogen-bond donors (Lipinski definition) is 2. The molecule has 3 unspecified atom stereocenters. The van der Waals surface area contributed by atoms with Gasteiger partial charge in [-0.05, 0) is 44.4 Å². The number of rotatable bonds is 5. The number of carbonyl (C=O) groups is 2. The second-order valence-corrected chi connectivity index (χ2v) is 6.47. The van der Waals surface area contributed by atoms with Crippen molar-refractivity contribution in [3.63, 3.8) is 0 Å². The summed E-state index contributed by atoms with van der Waals surface area (Å²) in [6, 6.07) is 0.284. The molecule has 4 heteroatoms. The lowest BCUT2D eigenvalue weighted by molar-refractivity contribution is -0.141. The lowest BCUT2D eigenvalue weighted by atomic mass is 9.82. The number of carboxylic acid groups (broad SMARTS) is 1. The van der Waals surface area contributed by atoms with E-state index in [1.165, 1.54) is 32.1 Å². The van der Waals surface area contributed by atoms with Crippen LogP contribution >= 0.6 is 0 Å². The topological polar surface area (TPSA) is 66.4 Å². The van der Waals surface area contributed by atoms with Crippen molar-refractivity contribution >= 4 is 11.9 Å². The first-order valence-corrected chi connectivity index (χ1v) is 8.15. The van der Waals surface area contributed by atoms with Crippen LogP contribution in [0.5, 0.6) is 0 Å². The Morgan fingerprint density at radius 1 is 1.10 bits per heavy atom. The summed E-state index contributed by atoms with van der Waals surface area (Å²) < 4.78 is 0. The molecule has 0 heterocycles. The maximum absolute atomic E-state index is 12.3. The Bertz CT molecular complexity index is 350. The molecular formula is C16H27NO3. The Balaban J connectivity index is 1.84. The van der Waals surface area contributed by atoms with Crippen LogP contribution in [0.15, 0.2) is 0 Å². The standard InChI is InChI=1S/C16H27NO3/c1-2-14(11-6-4-3-5-7-11)17-15(18)12-8-9-13(10-12)16(19)20/h11-14H,2-10H2,1H3,(H,17,18)(H,19,20). The highest BCUT2D eigenvalue weighted by Crippen LogP contribution is 2.32. The molecule has 2 fully saturated rings. The normalized spacial score (nSPS) is 29.1. The van der Waals surface area contributed by atoms with Crippen LogP contribution in [0.25, 0.3) is 0 Å². The van der Waals surface area contributed by atoms with E-state index in [-0.39, 0.29) is 23.8 Å². The third-order valence-corrected chi connectivity index (χ3v) is 5.14. The third-order valence-electron chi connectivity index (χ3n) is 5.14. The Morgan fingerprint density at radius 2 is 1.75 bits per heavy atom. The van der Waals surface area contributed by atoms with Crippen LogP contribution in [0.3, 0.4) is 0 Å². The van der Waals surface area contributed by atoms with Crippen molar-refractivity contribution in [3.05, 3.63) is 0 Å². The molecule has 114 valence electrons. The lowest BCUT2D eigenvalue weighted by Crippen LogP contribution is -2.43. The zero-order chi connectivity index (χ0) is 14.5. The molecule has 20 heavy (non-hydrogen) atoms. The highest BCUT2D eigenvalue weighted by Gasteiger charge is 2.35. The van der Waals surface area contributed by atoms with E-state index < -0.39 is 5.97 Å². The van der Waals surface area contributed by atoms with E-state index >= 15 is 0 Å². The fourth-order valence-electron chi connectivity index (χ4n) is 3.83. The average Bonchev–Trinajstić information content (AvgIpc) is 2.95. The van der Waals surface area contributed by atoms with Crippen LogP contribution in [-0.2, 0) is 9.59 Å². The maximum Gasteiger partial charge on any atom is 0.306 e. The van der Waals surface area contributed by atoms with Gasteiger partial charge in [0.1, 0.15) is 0 Å². The molecule has 0 aliphatic heterocycles. The summed E-state index contributed by atoms with van der Waals surface area (Å²) in [5, 5.41) is 12.2. The predicted octanol–water partition coefficient (Wildman–Crippen LogP) is 2.96. The van der Waals surface area contributed by atoms with Gasteiger partial charge in [-0.25, -0.2) is 0 Å². The van der Waals surface area contributed by atoms with Gasteiger partial charge < -0.3 is 10.4 Å². The molecule has 2 saturated carbocycles.